The number of methoxy groups -OCH3 is 1. The van der Waals surface area contributed by atoms with Gasteiger partial charge in [0.1, 0.15) is 0 Å². The molecule has 25 heavy (non-hydrogen) atoms. The third kappa shape index (κ3) is 5.02. The molecule has 0 aliphatic rings. The summed E-state index contributed by atoms with van der Waals surface area (Å²) in [6, 6.07) is 19.6. The minimum absolute atomic E-state index is 0.196. The van der Waals surface area contributed by atoms with Crippen LogP contribution in [-0.4, -0.2) is 22.0 Å². The molecule has 4 heteroatoms. The van der Waals surface area contributed by atoms with E-state index in [4.69, 9.17) is 4.74 Å². The zero-order valence-corrected chi connectivity index (χ0v) is 16.1. The Bertz CT molecular complexity index is 705. The minimum atomic E-state index is -1.18. The molecule has 0 saturated heterocycles. The van der Waals surface area contributed by atoms with Crippen LogP contribution in [0.3, 0.4) is 0 Å². The van der Waals surface area contributed by atoms with Crippen molar-refractivity contribution in [1.29, 1.82) is 0 Å². The maximum absolute atomic E-state index is 13.4. The number of carbonyl (C=O) groups is 1. The van der Waals surface area contributed by atoms with Crippen LogP contribution in [0.4, 0.5) is 0 Å². The van der Waals surface area contributed by atoms with Gasteiger partial charge in [0.05, 0.1) is 18.8 Å². The first-order valence-electron chi connectivity index (χ1n) is 8.42. The third-order valence-corrected chi connectivity index (χ3v) is 6.44. The lowest BCUT2D eigenvalue weighted by Crippen LogP contribution is -2.31. The maximum Gasteiger partial charge on any atom is 0.306 e. The smallest absolute Gasteiger partial charge is 0.306 e. The van der Waals surface area contributed by atoms with E-state index < -0.39 is 15.5 Å². The number of carbonyl (C=O) groups excluding carboxylic acids is 1. The molecule has 3 nitrogen and oxygen atoms in total. The summed E-state index contributed by atoms with van der Waals surface area (Å²) in [5.41, 5.74) is 1.98. The van der Waals surface area contributed by atoms with Crippen molar-refractivity contribution in [3.8, 4) is 0 Å². The van der Waals surface area contributed by atoms with E-state index in [2.05, 4.69) is 0 Å². The van der Waals surface area contributed by atoms with Crippen LogP contribution in [0.15, 0.2) is 60.7 Å². The maximum atomic E-state index is 13.4. The first-order valence-corrected chi connectivity index (χ1v) is 9.63. The van der Waals surface area contributed by atoms with Crippen molar-refractivity contribution in [2.24, 2.45) is 0 Å². The van der Waals surface area contributed by atoms with Crippen molar-refractivity contribution in [2.75, 3.05) is 7.11 Å². The molecule has 0 unspecified atom stereocenters. The molecular weight excluding hydrogens is 332 g/mol. The molecule has 0 aliphatic heterocycles. The van der Waals surface area contributed by atoms with Gasteiger partial charge in [0.15, 0.2) is 0 Å². The fraction of sp³-hybridized carbons (Fsp3) is 0.381. The largest absolute Gasteiger partial charge is 0.469 e. The van der Waals surface area contributed by atoms with E-state index in [-0.39, 0.29) is 23.6 Å². The average molecular weight is 359 g/mol. The van der Waals surface area contributed by atoms with Crippen LogP contribution in [0.25, 0.3) is 0 Å². The molecule has 0 saturated carbocycles. The Labute approximate surface area is 152 Å². The molecule has 0 heterocycles. The van der Waals surface area contributed by atoms with Crippen molar-refractivity contribution >= 4 is 16.8 Å². The second kappa shape index (κ2) is 8.43. The Balaban J connectivity index is 2.56. The third-order valence-electron chi connectivity index (χ3n) is 4.17. The molecule has 0 amide bonds. The molecule has 0 bridgehead atoms. The zero-order valence-electron chi connectivity index (χ0n) is 15.3. The van der Waals surface area contributed by atoms with Crippen molar-refractivity contribution in [1.82, 2.24) is 0 Å². The summed E-state index contributed by atoms with van der Waals surface area (Å²) in [5.74, 6) is -0.503. The highest BCUT2D eigenvalue weighted by Crippen LogP contribution is 2.41. The van der Waals surface area contributed by atoms with E-state index >= 15 is 0 Å². The highest BCUT2D eigenvalue weighted by molar-refractivity contribution is 7.86. The Morgan fingerprint density at radius 3 is 1.88 bits per heavy atom. The molecule has 0 aliphatic carbocycles. The molecule has 2 aromatic carbocycles. The molecule has 3 atom stereocenters. The zero-order chi connectivity index (χ0) is 18.4. The van der Waals surface area contributed by atoms with E-state index in [0.29, 0.717) is 0 Å². The molecular formula is C21H26O3S. The molecule has 0 radical (unpaired) electrons. The van der Waals surface area contributed by atoms with Gasteiger partial charge in [0, 0.05) is 21.5 Å². The van der Waals surface area contributed by atoms with Crippen LogP contribution in [0.1, 0.15) is 49.5 Å². The van der Waals surface area contributed by atoms with Gasteiger partial charge in [-0.05, 0) is 31.9 Å². The fourth-order valence-electron chi connectivity index (χ4n) is 2.89. The fourth-order valence-corrected chi connectivity index (χ4v) is 4.61. The van der Waals surface area contributed by atoms with Crippen LogP contribution >= 0.6 is 0 Å². The number of ether oxygens (including phenoxy) is 1. The summed E-state index contributed by atoms with van der Waals surface area (Å²) >= 11 is 0. The summed E-state index contributed by atoms with van der Waals surface area (Å²) in [7, 11) is 0.209. The van der Waals surface area contributed by atoms with Gasteiger partial charge in [0.25, 0.3) is 0 Å². The van der Waals surface area contributed by atoms with Gasteiger partial charge in [-0.3, -0.25) is 9.00 Å². The predicted octanol–water partition coefficient (Wildman–Crippen LogP) is 4.62. The van der Waals surface area contributed by atoms with E-state index in [1.807, 2.05) is 81.4 Å². The second-order valence-electron chi connectivity index (χ2n) is 7.04. The van der Waals surface area contributed by atoms with Gasteiger partial charge in [-0.25, -0.2) is 0 Å². The molecule has 2 aromatic rings. The summed E-state index contributed by atoms with van der Waals surface area (Å²) < 4.78 is 17.9. The number of hydrogen-bond donors (Lipinski definition) is 0. The summed E-state index contributed by atoms with van der Waals surface area (Å²) in [5, 5.41) is -0.289. The van der Waals surface area contributed by atoms with E-state index in [1.54, 1.807) is 0 Å². The van der Waals surface area contributed by atoms with Crippen molar-refractivity contribution < 1.29 is 13.7 Å². The van der Waals surface area contributed by atoms with Crippen LogP contribution in [-0.2, 0) is 20.3 Å². The molecule has 0 fully saturated rings. The average Bonchev–Trinajstić information content (AvgIpc) is 2.61. The van der Waals surface area contributed by atoms with Gasteiger partial charge in [0.2, 0.25) is 0 Å². The monoisotopic (exact) mass is 358 g/mol. The Morgan fingerprint density at radius 2 is 1.44 bits per heavy atom. The van der Waals surface area contributed by atoms with E-state index in [9.17, 15) is 9.00 Å². The van der Waals surface area contributed by atoms with Crippen LogP contribution in [0.2, 0.25) is 0 Å². The molecule has 0 aromatic heterocycles. The Kier molecular flexibility index (Phi) is 6.54. The number of esters is 1. The van der Waals surface area contributed by atoms with Gasteiger partial charge in [-0.1, -0.05) is 60.7 Å². The summed E-state index contributed by atoms with van der Waals surface area (Å²) in [4.78, 5) is 12.1. The Hall–Kier alpha value is -1.94. The van der Waals surface area contributed by atoms with Crippen molar-refractivity contribution in [3.05, 3.63) is 71.8 Å². The van der Waals surface area contributed by atoms with Gasteiger partial charge in [-0.2, -0.15) is 0 Å². The lowest BCUT2D eigenvalue weighted by atomic mass is 9.88. The van der Waals surface area contributed by atoms with Gasteiger partial charge >= 0.3 is 5.97 Å². The topological polar surface area (TPSA) is 43.4 Å². The van der Waals surface area contributed by atoms with E-state index in [1.165, 1.54) is 7.11 Å². The highest BCUT2D eigenvalue weighted by Gasteiger charge is 2.37. The quantitative estimate of drug-likeness (QED) is 0.708. The normalized spacial score (nSPS) is 15.2. The standard InChI is InChI=1S/C21H26O3S/c1-21(2,3)25(23)20(17-13-9-6-10-14-17)18(15-19(22)24-4)16-11-7-5-8-12-16/h5-14,18,20H,15H2,1-4H3/t18-,20+,25+/m1/s1. The van der Waals surface area contributed by atoms with Crippen LogP contribution < -0.4 is 0 Å². The van der Waals surface area contributed by atoms with Gasteiger partial charge in [-0.15, -0.1) is 0 Å². The summed E-state index contributed by atoms with van der Waals surface area (Å²) in [6.45, 7) is 5.91. The first-order chi connectivity index (χ1) is 11.8. The van der Waals surface area contributed by atoms with Crippen molar-refractivity contribution in [2.45, 2.75) is 43.1 Å². The predicted molar refractivity (Wildman–Crippen MR) is 103 cm³/mol. The lowest BCUT2D eigenvalue weighted by Gasteiger charge is -2.32. The van der Waals surface area contributed by atoms with Gasteiger partial charge < -0.3 is 4.74 Å². The number of hydrogen-bond acceptors (Lipinski definition) is 3. The Morgan fingerprint density at radius 1 is 0.960 bits per heavy atom. The second-order valence-corrected chi connectivity index (χ2v) is 9.37. The highest BCUT2D eigenvalue weighted by atomic mass is 32.2. The lowest BCUT2D eigenvalue weighted by molar-refractivity contribution is -0.141. The SMILES string of the molecule is COC(=O)C[C@H](c1ccccc1)[C@H](c1ccccc1)[S@](=O)C(C)(C)C. The molecule has 2 rings (SSSR count). The van der Waals surface area contributed by atoms with Crippen LogP contribution in [0, 0.1) is 0 Å². The van der Waals surface area contributed by atoms with Crippen molar-refractivity contribution in [3.63, 3.8) is 0 Å². The molecule has 0 spiro atoms. The van der Waals surface area contributed by atoms with Crippen LogP contribution in [0.5, 0.6) is 0 Å². The number of rotatable bonds is 6. The molecule has 134 valence electrons. The van der Waals surface area contributed by atoms with E-state index in [0.717, 1.165) is 11.1 Å². The molecule has 0 N–H and O–H groups in total. The number of benzene rings is 2. The first kappa shape index (κ1) is 19.4. The summed E-state index contributed by atoms with van der Waals surface area (Å²) in [6.07, 6.45) is 0.196. The minimum Gasteiger partial charge on any atom is -0.469 e.